The van der Waals surface area contributed by atoms with Gasteiger partial charge in [-0.1, -0.05) is 27.7 Å². The van der Waals surface area contributed by atoms with Gasteiger partial charge in [0.1, 0.15) is 4.88 Å². The van der Waals surface area contributed by atoms with Crippen molar-refractivity contribution in [2.45, 2.75) is 109 Å². The van der Waals surface area contributed by atoms with Gasteiger partial charge in [-0.25, -0.2) is 4.79 Å². The standard InChI is InChI=1S/C27H41NO6S/c1-16-5-10-20(22(29)13-16)25(30)28(21-14-23(27(2,3)4)35-24(21)26(31)32)17-6-8-18(9-7-17)34-19-11-12-33-15-19/h14,16-20,22,29H,5-13,15H2,1-4H3,(H,31,32)/t16-,17?,18?,19+,20-,22+/m1/s1. The van der Waals surface area contributed by atoms with E-state index in [0.717, 1.165) is 50.0 Å². The second-order valence-electron chi connectivity index (χ2n) is 11.7. The number of hydrogen-bond donors (Lipinski definition) is 2. The zero-order chi connectivity index (χ0) is 25.3. The molecule has 3 aliphatic rings. The SMILES string of the molecule is C[C@@H]1CC[C@@H](C(=O)N(c2cc(C(C)(C)C)sc2C(=O)O)C2CCC(O[C@H]3CCOC3)CC2)[C@@H](O)C1. The van der Waals surface area contributed by atoms with Crippen molar-refractivity contribution >= 4 is 28.9 Å². The van der Waals surface area contributed by atoms with Gasteiger partial charge in [0.25, 0.3) is 0 Å². The Morgan fingerprint density at radius 3 is 2.37 bits per heavy atom. The number of carboxylic acids is 1. The molecule has 1 saturated heterocycles. The third kappa shape index (κ3) is 6.09. The lowest BCUT2D eigenvalue weighted by Crippen LogP contribution is -2.50. The minimum atomic E-state index is -1.01. The van der Waals surface area contributed by atoms with Gasteiger partial charge in [0.15, 0.2) is 0 Å². The number of thiophene rings is 1. The average Bonchev–Trinajstić information content (AvgIpc) is 3.45. The van der Waals surface area contributed by atoms with Crippen LogP contribution in [0.4, 0.5) is 5.69 Å². The Hall–Kier alpha value is -1.48. The number of ether oxygens (including phenoxy) is 2. The van der Waals surface area contributed by atoms with E-state index in [0.29, 0.717) is 31.1 Å². The molecular formula is C27H41NO6S. The summed E-state index contributed by atoms with van der Waals surface area (Å²) in [5, 5.41) is 20.9. The second-order valence-corrected chi connectivity index (χ2v) is 12.8. The van der Waals surface area contributed by atoms with Crippen molar-refractivity contribution in [2.75, 3.05) is 18.1 Å². The van der Waals surface area contributed by atoms with Crippen LogP contribution in [0.15, 0.2) is 6.07 Å². The molecule has 35 heavy (non-hydrogen) atoms. The average molecular weight is 508 g/mol. The fraction of sp³-hybridized carbons (Fsp3) is 0.778. The molecule has 1 amide bonds. The molecule has 7 nitrogen and oxygen atoms in total. The zero-order valence-corrected chi connectivity index (χ0v) is 22.3. The number of aliphatic hydroxyl groups excluding tert-OH is 1. The summed E-state index contributed by atoms with van der Waals surface area (Å²) in [6.07, 6.45) is 5.83. The molecule has 4 rings (SSSR count). The Labute approximate surface area is 212 Å². The van der Waals surface area contributed by atoms with E-state index in [1.807, 2.05) is 6.07 Å². The largest absolute Gasteiger partial charge is 0.477 e. The van der Waals surface area contributed by atoms with Gasteiger partial charge in [-0.2, -0.15) is 0 Å². The van der Waals surface area contributed by atoms with Crippen molar-refractivity contribution in [1.29, 1.82) is 0 Å². The molecule has 1 aromatic heterocycles. The first-order valence-electron chi connectivity index (χ1n) is 13.2. The van der Waals surface area contributed by atoms with E-state index in [1.54, 1.807) is 4.90 Å². The predicted molar refractivity (Wildman–Crippen MR) is 136 cm³/mol. The molecule has 0 spiro atoms. The number of carbonyl (C=O) groups is 2. The maximum absolute atomic E-state index is 14.0. The zero-order valence-electron chi connectivity index (χ0n) is 21.5. The van der Waals surface area contributed by atoms with Crippen LogP contribution in [0.25, 0.3) is 0 Å². The summed E-state index contributed by atoms with van der Waals surface area (Å²) >= 11 is 1.26. The van der Waals surface area contributed by atoms with Crippen LogP contribution in [0, 0.1) is 11.8 Å². The lowest BCUT2D eigenvalue weighted by molar-refractivity contribution is -0.129. The number of aliphatic hydroxyl groups is 1. The van der Waals surface area contributed by atoms with Gasteiger partial charge in [0.05, 0.1) is 36.5 Å². The first-order valence-corrected chi connectivity index (χ1v) is 14.0. The van der Waals surface area contributed by atoms with Gasteiger partial charge < -0.3 is 24.6 Å². The molecule has 3 fully saturated rings. The van der Waals surface area contributed by atoms with Crippen molar-refractivity contribution in [3.05, 3.63) is 15.8 Å². The van der Waals surface area contributed by atoms with Gasteiger partial charge in [0.2, 0.25) is 5.91 Å². The van der Waals surface area contributed by atoms with Gasteiger partial charge in [0, 0.05) is 17.5 Å². The maximum atomic E-state index is 14.0. The topological polar surface area (TPSA) is 96.3 Å². The quantitative estimate of drug-likeness (QED) is 0.563. The Balaban J connectivity index is 1.61. The van der Waals surface area contributed by atoms with Crippen LogP contribution in [0.2, 0.25) is 0 Å². The first-order chi connectivity index (χ1) is 16.5. The van der Waals surface area contributed by atoms with E-state index < -0.39 is 18.0 Å². The molecule has 0 radical (unpaired) electrons. The monoisotopic (exact) mass is 507 g/mol. The molecule has 2 N–H and O–H groups in total. The summed E-state index contributed by atoms with van der Waals surface area (Å²) < 4.78 is 11.7. The van der Waals surface area contributed by atoms with Crippen LogP contribution >= 0.6 is 11.3 Å². The molecule has 1 aromatic rings. The van der Waals surface area contributed by atoms with Crippen molar-refractivity contribution in [1.82, 2.24) is 0 Å². The molecule has 1 aliphatic heterocycles. The van der Waals surface area contributed by atoms with Crippen LogP contribution in [-0.2, 0) is 19.7 Å². The highest BCUT2D eigenvalue weighted by molar-refractivity contribution is 7.14. The van der Waals surface area contributed by atoms with Crippen LogP contribution in [-0.4, -0.2) is 59.7 Å². The molecule has 0 unspecified atom stereocenters. The summed E-state index contributed by atoms with van der Waals surface area (Å²) in [5.41, 5.74) is 0.271. The Morgan fingerprint density at radius 2 is 1.80 bits per heavy atom. The Bertz CT molecular complexity index is 894. The van der Waals surface area contributed by atoms with Crippen molar-refractivity contribution in [3.63, 3.8) is 0 Å². The predicted octanol–water partition coefficient (Wildman–Crippen LogP) is 4.99. The van der Waals surface area contributed by atoms with E-state index in [4.69, 9.17) is 9.47 Å². The van der Waals surface area contributed by atoms with E-state index in [-0.39, 0.29) is 34.4 Å². The van der Waals surface area contributed by atoms with Crippen molar-refractivity contribution in [2.24, 2.45) is 11.8 Å². The van der Waals surface area contributed by atoms with Gasteiger partial charge in [-0.3, -0.25) is 4.79 Å². The molecule has 8 heteroatoms. The summed E-state index contributed by atoms with van der Waals surface area (Å²) in [5.74, 6) is -1.23. The lowest BCUT2D eigenvalue weighted by atomic mass is 9.79. The summed E-state index contributed by atoms with van der Waals surface area (Å²) in [7, 11) is 0. The summed E-state index contributed by atoms with van der Waals surface area (Å²) in [6.45, 7) is 9.67. The number of anilines is 1. The maximum Gasteiger partial charge on any atom is 0.348 e. The summed E-state index contributed by atoms with van der Waals surface area (Å²) in [6, 6.07) is 1.80. The highest BCUT2D eigenvalue weighted by Gasteiger charge is 2.41. The van der Waals surface area contributed by atoms with Crippen molar-refractivity contribution < 1.29 is 29.3 Å². The Kier molecular flexibility index (Phi) is 8.25. The fourth-order valence-corrected chi connectivity index (χ4v) is 6.77. The van der Waals surface area contributed by atoms with E-state index in [9.17, 15) is 19.8 Å². The number of aromatic carboxylic acids is 1. The third-order valence-corrected chi connectivity index (χ3v) is 9.36. The van der Waals surface area contributed by atoms with Crippen molar-refractivity contribution in [3.8, 4) is 0 Å². The number of nitrogens with zero attached hydrogens (tertiary/aromatic N) is 1. The third-order valence-electron chi connectivity index (χ3n) is 7.82. The molecule has 2 aliphatic carbocycles. The van der Waals surface area contributed by atoms with Gasteiger partial charge >= 0.3 is 5.97 Å². The van der Waals surface area contributed by atoms with Crippen LogP contribution in [0.1, 0.15) is 93.6 Å². The number of rotatable bonds is 6. The molecule has 196 valence electrons. The highest BCUT2D eigenvalue weighted by atomic mass is 32.1. The minimum absolute atomic E-state index is 0.103. The van der Waals surface area contributed by atoms with Gasteiger partial charge in [-0.15, -0.1) is 11.3 Å². The van der Waals surface area contributed by atoms with Crippen LogP contribution < -0.4 is 4.90 Å². The molecule has 2 saturated carbocycles. The molecule has 0 aromatic carbocycles. The van der Waals surface area contributed by atoms with E-state index in [1.165, 1.54) is 11.3 Å². The van der Waals surface area contributed by atoms with E-state index in [2.05, 4.69) is 27.7 Å². The fourth-order valence-electron chi connectivity index (χ4n) is 5.73. The van der Waals surface area contributed by atoms with Crippen LogP contribution in [0.5, 0.6) is 0 Å². The molecule has 4 atom stereocenters. The number of carboxylic acid groups (broad SMARTS) is 1. The Morgan fingerprint density at radius 1 is 1.09 bits per heavy atom. The minimum Gasteiger partial charge on any atom is -0.477 e. The number of hydrogen-bond acceptors (Lipinski definition) is 6. The smallest absolute Gasteiger partial charge is 0.348 e. The number of amides is 1. The molecule has 0 bridgehead atoms. The summed E-state index contributed by atoms with van der Waals surface area (Å²) in [4.78, 5) is 29.2. The normalized spacial score (nSPS) is 31.9. The lowest BCUT2D eigenvalue weighted by Gasteiger charge is -2.41. The number of carbonyl (C=O) groups excluding carboxylic acids is 1. The first kappa shape index (κ1) is 26.6. The second kappa shape index (κ2) is 10.9. The highest BCUT2D eigenvalue weighted by Crippen LogP contribution is 2.42. The molecule has 2 heterocycles. The molecular weight excluding hydrogens is 466 g/mol. The van der Waals surface area contributed by atoms with Crippen LogP contribution in [0.3, 0.4) is 0 Å². The van der Waals surface area contributed by atoms with E-state index >= 15 is 0 Å². The van der Waals surface area contributed by atoms with Gasteiger partial charge in [-0.05, 0) is 68.8 Å².